The summed E-state index contributed by atoms with van der Waals surface area (Å²) < 4.78 is 0. The summed E-state index contributed by atoms with van der Waals surface area (Å²) in [7, 11) is 0. The highest BCUT2D eigenvalue weighted by Crippen LogP contribution is 2.15. The molecule has 14 heavy (non-hydrogen) atoms. The molecule has 72 valence electrons. The van der Waals surface area contributed by atoms with Crippen LogP contribution in [0.2, 0.25) is 0 Å². The van der Waals surface area contributed by atoms with E-state index in [9.17, 15) is 4.79 Å². The second kappa shape index (κ2) is 6.06. The number of carbonyl (C=O) groups excluding carboxylic acids is 1. The van der Waals surface area contributed by atoms with E-state index in [2.05, 4.69) is 16.2 Å². The Morgan fingerprint density at radius 2 is 2.29 bits per heavy atom. The third kappa shape index (κ3) is 3.97. The van der Waals surface area contributed by atoms with Crippen molar-refractivity contribution in [1.82, 2.24) is 10.3 Å². The van der Waals surface area contributed by atoms with E-state index in [0.717, 1.165) is 4.90 Å². The van der Waals surface area contributed by atoms with Crippen LogP contribution >= 0.6 is 11.8 Å². The molecule has 0 bridgehead atoms. The molecular weight excluding hydrogens is 196 g/mol. The Morgan fingerprint density at radius 3 is 2.93 bits per heavy atom. The maximum atomic E-state index is 11.1. The van der Waals surface area contributed by atoms with Crippen molar-refractivity contribution in [2.75, 3.05) is 12.3 Å². The van der Waals surface area contributed by atoms with Gasteiger partial charge in [-0.05, 0) is 12.1 Å². The van der Waals surface area contributed by atoms with Crippen molar-refractivity contribution in [2.45, 2.75) is 4.90 Å². The molecule has 1 rings (SSSR count). The lowest BCUT2D eigenvalue weighted by atomic mass is 10.5. The Hall–Kier alpha value is -1.47. The molecule has 0 atom stereocenters. The number of rotatable bonds is 4. The number of pyridine rings is 1. The number of amides is 1. The lowest BCUT2D eigenvalue weighted by Gasteiger charge is -2.00. The maximum absolute atomic E-state index is 11.1. The highest BCUT2D eigenvalue weighted by molar-refractivity contribution is 8.00. The van der Waals surface area contributed by atoms with Crippen LogP contribution in [0.3, 0.4) is 0 Å². The summed E-state index contributed by atoms with van der Waals surface area (Å²) in [5, 5.41) is 2.59. The van der Waals surface area contributed by atoms with Crippen molar-refractivity contribution in [2.24, 2.45) is 0 Å². The number of nitrogens with one attached hydrogen (secondary N) is 1. The minimum absolute atomic E-state index is 0.0511. The predicted molar refractivity (Wildman–Crippen MR) is 56.8 cm³/mol. The quantitative estimate of drug-likeness (QED) is 0.588. The molecule has 0 saturated heterocycles. The molecule has 0 aliphatic heterocycles. The molecule has 0 aromatic carbocycles. The minimum atomic E-state index is -0.0511. The smallest absolute Gasteiger partial charge is 0.231 e. The molecule has 0 radical (unpaired) electrons. The Morgan fingerprint density at radius 1 is 1.57 bits per heavy atom. The Kier molecular flexibility index (Phi) is 4.59. The van der Waals surface area contributed by atoms with Crippen molar-refractivity contribution < 1.29 is 4.79 Å². The highest BCUT2D eigenvalue weighted by Gasteiger charge is 2.00. The lowest BCUT2D eigenvalue weighted by molar-refractivity contribution is -0.118. The van der Waals surface area contributed by atoms with Gasteiger partial charge in [-0.3, -0.25) is 9.78 Å². The number of aromatic nitrogens is 1. The van der Waals surface area contributed by atoms with E-state index < -0.39 is 0 Å². The molecule has 1 aromatic rings. The van der Waals surface area contributed by atoms with Crippen LogP contribution in [0, 0.1) is 12.3 Å². The molecule has 1 aromatic heterocycles. The summed E-state index contributed by atoms with van der Waals surface area (Å²) in [5.41, 5.74) is 0. The van der Waals surface area contributed by atoms with Gasteiger partial charge >= 0.3 is 0 Å². The first kappa shape index (κ1) is 10.6. The molecular formula is C10H10N2OS. The number of nitrogens with zero attached hydrogens (tertiary/aromatic N) is 1. The van der Waals surface area contributed by atoms with E-state index in [1.165, 1.54) is 11.8 Å². The van der Waals surface area contributed by atoms with Crippen molar-refractivity contribution in [1.29, 1.82) is 0 Å². The van der Waals surface area contributed by atoms with Gasteiger partial charge in [0.1, 0.15) is 0 Å². The molecule has 0 aliphatic rings. The van der Waals surface area contributed by atoms with Gasteiger partial charge in [-0.1, -0.05) is 5.92 Å². The number of hydrogen-bond acceptors (Lipinski definition) is 3. The average Bonchev–Trinajstić information content (AvgIpc) is 2.25. The minimum Gasteiger partial charge on any atom is -0.344 e. The summed E-state index contributed by atoms with van der Waals surface area (Å²) in [4.78, 5) is 16.0. The molecule has 3 nitrogen and oxygen atoms in total. The Bertz CT molecular complexity index is 332. The van der Waals surface area contributed by atoms with Crippen molar-refractivity contribution in [3.05, 3.63) is 24.5 Å². The molecule has 1 heterocycles. The predicted octanol–water partition coefficient (Wildman–Crippen LogP) is 0.923. The van der Waals surface area contributed by atoms with Crippen molar-refractivity contribution in [3.8, 4) is 12.3 Å². The van der Waals surface area contributed by atoms with E-state index in [0.29, 0.717) is 5.75 Å². The second-order valence-corrected chi connectivity index (χ2v) is 3.50. The van der Waals surface area contributed by atoms with Gasteiger partial charge in [0.2, 0.25) is 5.91 Å². The number of hydrogen-bond donors (Lipinski definition) is 1. The number of carbonyl (C=O) groups is 1. The fourth-order valence-corrected chi connectivity index (χ4v) is 1.50. The SMILES string of the molecule is C#CCNC(=O)CSc1ccncc1. The first-order valence-corrected chi connectivity index (χ1v) is 5.04. The molecule has 1 amide bonds. The van der Waals surface area contributed by atoms with Gasteiger partial charge in [0.15, 0.2) is 0 Å². The van der Waals surface area contributed by atoms with Crippen LogP contribution in [0.4, 0.5) is 0 Å². The zero-order valence-corrected chi connectivity index (χ0v) is 8.38. The van der Waals surface area contributed by atoms with E-state index in [-0.39, 0.29) is 12.5 Å². The summed E-state index contributed by atoms with van der Waals surface area (Å²) in [5.74, 6) is 2.68. The van der Waals surface area contributed by atoms with Gasteiger partial charge in [-0.25, -0.2) is 0 Å². The molecule has 0 spiro atoms. The molecule has 0 aliphatic carbocycles. The summed E-state index contributed by atoms with van der Waals surface area (Å²) >= 11 is 1.46. The van der Waals surface area contributed by atoms with Crippen LogP contribution in [-0.2, 0) is 4.79 Å². The van der Waals surface area contributed by atoms with E-state index in [1.807, 2.05) is 12.1 Å². The van der Waals surface area contributed by atoms with Gasteiger partial charge in [-0.15, -0.1) is 18.2 Å². The molecule has 0 saturated carbocycles. The zero-order valence-electron chi connectivity index (χ0n) is 7.56. The third-order valence-electron chi connectivity index (χ3n) is 1.41. The van der Waals surface area contributed by atoms with Crippen LogP contribution in [0.1, 0.15) is 0 Å². The molecule has 0 unspecified atom stereocenters. The van der Waals surface area contributed by atoms with Crippen molar-refractivity contribution >= 4 is 17.7 Å². The highest BCUT2D eigenvalue weighted by atomic mass is 32.2. The van der Waals surface area contributed by atoms with Gasteiger partial charge in [0.25, 0.3) is 0 Å². The second-order valence-electron chi connectivity index (χ2n) is 2.45. The lowest BCUT2D eigenvalue weighted by Crippen LogP contribution is -2.25. The first-order valence-electron chi connectivity index (χ1n) is 4.06. The van der Waals surface area contributed by atoms with E-state index in [1.54, 1.807) is 12.4 Å². The number of thioether (sulfide) groups is 1. The molecule has 1 N–H and O–H groups in total. The fraction of sp³-hybridized carbons (Fsp3) is 0.200. The molecule has 0 fully saturated rings. The summed E-state index contributed by atoms with van der Waals surface area (Å²) in [6.07, 6.45) is 8.40. The van der Waals surface area contributed by atoms with Crippen LogP contribution in [0.5, 0.6) is 0 Å². The number of terminal acetylenes is 1. The van der Waals surface area contributed by atoms with Crippen LogP contribution in [0.15, 0.2) is 29.4 Å². The molecule has 4 heteroatoms. The topological polar surface area (TPSA) is 42.0 Å². The van der Waals surface area contributed by atoms with Gasteiger partial charge in [0, 0.05) is 17.3 Å². The first-order chi connectivity index (χ1) is 6.83. The third-order valence-corrected chi connectivity index (χ3v) is 2.42. The average molecular weight is 206 g/mol. The van der Waals surface area contributed by atoms with E-state index >= 15 is 0 Å². The van der Waals surface area contributed by atoms with Gasteiger partial charge < -0.3 is 5.32 Å². The standard InChI is InChI=1S/C10H10N2OS/c1-2-5-12-10(13)8-14-9-3-6-11-7-4-9/h1,3-4,6-7H,5,8H2,(H,12,13). The van der Waals surface area contributed by atoms with Gasteiger partial charge in [0.05, 0.1) is 12.3 Å². The zero-order chi connectivity index (χ0) is 10.2. The maximum Gasteiger partial charge on any atom is 0.231 e. The largest absolute Gasteiger partial charge is 0.344 e. The van der Waals surface area contributed by atoms with Crippen LogP contribution in [-0.4, -0.2) is 23.2 Å². The fourth-order valence-electron chi connectivity index (χ4n) is 0.784. The van der Waals surface area contributed by atoms with Crippen LogP contribution < -0.4 is 5.32 Å². The monoisotopic (exact) mass is 206 g/mol. The van der Waals surface area contributed by atoms with E-state index in [4.69, 9.17) is 6.42 Å². The Labute approximate surface area is 87.3 Å². The van der Waals surface area contributed by atoms with Gasteiger partial charge in [-0.2, -0.15) is 0 Å². The Balaban J connectivity index is 2.28. The normalized spacial score (nSPS) is 9.07. The summed E-state index contributed by atoms with van der Waals surface area (Å²) in [6.45, 7) is 0.287. The van der Waals surface area contributed by atoms with Crippen LogP contribution in [0.25, 0.3) is 0 Å². The van der Waals surface area contributed by atoms with Crippen molar-refractivity contribution in [3.63, 3.8) is 0 Å². The summed E-state index contributed by atoms with van der Waals surface area (Å²) in [6, 6.07) is 3.72.